The highest BCUT2D eigenvalue weighted by Crippen LogP contribution is 2.15. The topological polar surface area (TPSA) is 64.3 Å². The maximum Gasteiger partial charge on any atom is 0.234 e. The van der Waals surface area contributed by atoms with E-state index in [9.17, 15) is 4.79 Å². The zero-order valence-electron chi connectivity index (χ0n) is 13.7. The Hall–Kier alpha value is -2.33. The second-order valence-electron chi connectivity index (χ2n) is 5.81. The number of nitrogens with two attached hydrogens (primary N) is 1. The summed E-state index contributed by atoms with van der Waals surface area (Å²) >= 11 is 0. The molecule has 0 aromatic heterocycles. The van der Waals surface area contributed by atoms with Gasteiger partial charge in [-0.05, 0) is 43.5 Å². The fourth-order valence-corrected chi connectivity index (χ4v) is 2.38. The first-order chi connectivity index (χ1) is 11.0. The average molecular weight is 312 g/mol. The normalized spacial score (nSPS) is 13.3. The Bertz CT molecular complexity index is 611. The van der Waals surface area contributed by atoms with Crippen molar-refractivity contribution in [2.24, 2.45) is 5.73 Å². The summed E-state index contributed by atoms with van der Waals surface area (Å²) in [5, 5.41) is 3.18. The first-order valence-corrected chi connectivity index (χ1v) is 7.85. The third-order valence-corrected chi connectivity index (χ3v) is 3.67. The van der Waals surface area contributed by atoms with E-state index in [1.54, 1.807) is 6.92 Å². The number of carbonyl (C=O) groups is 1. The van der Waals surface area contributed by atoms with E-state index in [0.717, 1.165) is 17.7 Å². The molecule has 0 bridgehead atoms. The highest BCUT2D eigenvalue weighted by Gasteiger charge is 2.12. The summed E-state index contributed by atoms with van der Waals surface area (Å²) in [6.45, 7) is 4.38. The van der Waals surface area contributed by atoms with Crippen LogP contribution in [0, 0.1) is 0 Å². The summed E-state index contributed by atoms with van der Waals surface area (Å²) in [4.78, 5) is 11.1. The van der Waals surface area contributed by atoms with Crippen LogP contribution in [-0.2, 0) is 17.8 Å². The molecule has 0 aliphatic carbocycles. The molecule has 1 amide bonds. The van der Waals surface area contributed by atoms with E-state index >= 15 is 0 Å². The summed E-state index contributed by atoms with van der Waals surface area (Å²) in [5.74, 6) is 0.519. The second kappa shape index (κ2) is 8.34. The van der Waals surface area contributed by atoms with E-state index in [2.05, 4.69) is 5.32 Å². The van der Waals surface area contributed by atoms with Gasteiger partial charge in [-0.1, -0.05) is 42.5 Å². The van der Waals surface area contributed by atoms with E-state index < -0.39 is 0 Å². The van der Waals surface area contributed by atoms with Gasteiger partial charge >= 0.3 is 0 Å². The van der Waals surface area contributed by atoms with Crippen LogP contribution in [0.25, 0.3) is 0 Å². The van der Waals surface area contributed by atoms with Crippen molar-refractivity contribution in [1.82, 2.24) is 5.32 Å². The van der Waals surface area contributed by atoms with Gasteiger partial charge in [0.15, 0.2) is 0 Å². The molecule has 0 aliphatic rings. The lowest BCUT2D eigenvalue weighted by Crippen LogP contribution is -2.44. The Labute approximate surface area is 137 Å². The van der Waals surface area contributed by atoms with Gasteiger partial charge in [-0.3, -0.25) is 4.79 Å². The molecule has 2 unspecified atom stereocenters. The average Bonchev–Trinajstić information content (AvgIpc) is 2.55. The van der Waals surface area contributed by atoms with Crippen LogP contribution in [0.3, 0.4) is 0 Å². The molecule has 122 valence electrons. The summed E-state index contributed by atoms with van der Waals surface area (Å²) in [6.07, 6.45) is 0.830. The zero-order valence-corrected chi connectivity index (χ0v) is 13.7. The van der Waals surface area contributed by atoms with Crippen LogP contribution in [0.1, 0.15) is 25.0 Å². The molecule has 0 saturated carbocycles. The van der Waals surface area contributed by atoms with Crippen molar-refractivity contribution in [3.8, 4) is 5.75 Å². The van der Waals surface area contributed by atoms with Crippen LogP contribution in [0.4, 0.5) is 0 Å². The molecule has 3 N–H and O–H groups in total. The molecular formula is C19H24N2O2. The minimum atomic E-state index is -0.332. The lowest BCUT2D eigenvalue weighted by atomic mass is 10.1. The molecule has 0 spiro atoms. The molecule has 4 heteroatoms. The third kappa shape index (κ3) is 5.75. The zero-order chi connectivity index (χ0) is 16.7. The van der Waals surface area contributed by atoms with Crippen LogP contribution in [0.2, 0.25) is 0 Å². The summed E-state index contributed by atoms with van der Waals surface area (Å²) in [7, 11) is 0. The van der Waals surface area contributed by atoms with Gasteiger partial charge in [-0.2, -0.15) is 0 Å². The van der Waals surface area contributed by atoms with Crippen molar-refractivity contribution in [1.29, 1.82) is 0 Å². The Morgan fingerprint density at radius 3 is 2.30 bits per heavy atom. The van der Waals surface area contributed by atoms with E-state index in [1.807, 2.05) is 61.5 Å². The van der Waals surface area contributed by atoms with Gasteiger partial charge in [-0.15, -0.1) is 0 Å². The first kappa shape index (κ1) is 17.0. The van der Waals surface area contributed by atoms with Crippen LogP contribution in [0.15, 0.2) is 54.6 Å². The Morgan fingerprint density at radius 2 is 1.70 bits per heavy atom. The third-order valence-electron chi connectivity index (χ3n) is 3.67. The lowest BCUT2D eigenvalue weighted by Gasteiger charge is -2.17. The van der Waals surface area contributed by atoms with Crippen LogP contribution >= 0.6 is 0 Å². The highest BCUT2D eigenvalue weighted by atomic mass is 16.5. The van der Waals surface area contributed by atoms with Crippen molar-refractivity contribution in [3.63, 3.8) is 0 Å². The quantitative estimate of drug-likeness (QED) is 0.787. The SMILES string of the molecule is CC(Cc1ccc(OCc2ccccc2)cc1)NC(C)C(N)=O. The molecule has 0 fully saturated rings. The molecule has 0 heterocycles. The van der Waals surface area contributed by atoms with Gasteiger partial charge in [0.25, 0.3) is 0 Å². The van der Waals surface area contributed by atoms with E-state index in [-0.39, 0.29) is 18.0 Å². The van der Waals surface area contributed by atoms with Crippen molar-refractivity contribution in [3.05, 3.63) is 65.7 Å². The second-order valence-corrected chi connectivity index (χ2v) is 5.81. The maximum absolute atomic E-state index is 11.1. The number of hydrogen-bond acceptors (Lipinski definition) is 3. The summed E-state index contributed by atoms with van der Waals surface area (Å²) < 4.78 is 5.77. The molecule has 2 aromatic carbocycles. The fourth-order valence-electron chi connectivity index (χ4n) is 2.38. The van der Waals surface area contributed by atoms with Gasteiger partial charge in [0.1, 0.15) is 12.4 Å². The largest absolute Gasteiger partial charge is 0.489 e. The molecule has 23 heavy (non-hydrogen) atoms. The van der Waals surface area contributed by atoms with Crippen molar-refractivity contribution in [2.45, 2.75) is 39.0 Å². The van der Waals surface area contributed by atoms with Crippen molar-refractivity contribution in [2.75, 3.05) is 0 Å². The van der Waals surface area contributed by atoms with Gasteiger partial charge in [0, 0.05) is 6.04 Å². The van der Waals surface area contributed by atoms with Gasteiger partial charge in [0.2, 0.25) is 5.91 Å². The summed E-state index contributed by atoms with van der Waals surface area (Å²) in [5.41, 5.74) is 7.60. The number of hydrogen-bond donors (Lipinski definition) is 2. The number of nitrogens with one attached hydrogen (secondary N) is 1. The van der Waals surface area contributed by atoms with Crippen molar-refractivity contribution < 1.29 is 9.53 Å². The number of ether oxygens (including phenoxy) is 1. The van der Waals surface area contributed by atoms with Gasteiger partial charge < -0.3 is 15.8 Å². The molecule has 2 atom stereocenters. The number of amides is 1. The van der Waals surface area contributed by atoms with E-state index in [1.165, 1.54) is 5.56 Å². The number of primary amides is 1. The van der Waals surface area contributed by atoms with Crippen LogP contribution in [0.5, 0.6) is 5.75 Å². The molecule has 2 aromatic rings. The number of carbonyl (C=O) groups excluding carboxylic acids is 1. The Balaban J connectivity index is 1.83. The fraction of sp³-hybridized carbons (Fsp3) is 0.316. The van der Waals surface area contributed by atoms with Crippen molar-refractivity contribution >= 4 is 5.91 Å². The van der Waals surface area contributed by atoms with Gasteiger partial charge in [0.05, 0.1) is 6.04 Å². The Morgan fingerprint density at radius 1 is 1.04 bits per heavy atom. The van der Waals surface area contributed by atoms with Gasteiger partial charge in [-0.25, -0.2) is 0 Å². The minimum Gasteiger partial charge on any atom is -0.489 e. The molecule has 0 saturated heterocycles. The minimum absolute atomic E-state index is 0.175. The predicted octanol–water partition coefficient (Wildman–Crippen LogP) is 2.66. The smallest absolute Gasteiger partial charge is 0.234 e. The molecule has 0 radical (unpaired) electrons. The predicted molar refractivity (Wildman–Crippen MR) is 92.2 cm³/mol. The standard InChI is InChI=1S/C19H24N2O2/c1-14(21-15(2)19(20)22)12-16-8-10-18(11-9-16)23-13-17-6-4-3-5-7-17/h3-11,14-15,21H,12-13H2,1-2H3,(H2,20,22). The lowest BCUT2D eigenvalue weighted by molar-refractivity contribution is -0.119. The summed E-state index contributed by atoms with van der Waals surface area (Å²) in [6, 6.07) is 18.0. The first-order valence-electron chi connectivity index (χ1n) is 7.85. The molecule has 2 rings (SSSR count). The molecular weight excluding hydrogens is 288 g/mol. The highest BCUT2D eigenvalue weighted by molar-refractivity contribution is 5.79. The van der Waals surface area contributed by atoms with Crippen LogP contribution in [-0.4, -0.2) is 18.0 Å². The number of benzene rings is 2. The van der Waals surface area contributed by atoms with E-state index in [4.69, 9.17) is 10.5 Å². The maximum atomic E-state index is 11.1. The Kier molecular flexibility index (Phi) is 6.18. The van der Waals surface area contributed by atoms with E-state index in [0.29, 0.717) is 6.61 Å². The number of rotatable bonds is 8. The van der Waals surface area contributed by atoms with Crippen LogP contribution < -0.4 is 15.8 Å². The molecule has 0 aliphatic heterocycles. The monoisotopic (exact) mass is 312 g/mol. The molecule has 4 nitrogen and oxygen atoms in total.